The Balaban J connectivity index is 1.37. The van der Waals surface area contributed by atoms with Crippen LogP contribution in [0.15, 0.2) is 53.1 Å². The number of benzene rings is 2. The van der Waals surface area contributed by atoms with Crippen LogP contribution in [-0.2, 0) is 24.6 Å². The van der Waals surface area contributed by atoms with Crippen molar-refractivity contribution in [3.05, 3.63) is 81.6 Å². The van der Waals surface area contributed by atoms with Crippen molar-refractivity contribution in [1.82, 2.24) is 14.6 Å². The molecule has 3 atom stereocenters. The third kappa shape index (κ3) is 6.73. The van der Waals surface area contributed by atoms with E-state index < -0.39 is 0 Å². The van der Waals surface area contributed by atoms with Crippen molar-refractivity contribution in [3.8, 4) is 0 Å². The van der Waals surface area contributed by atoms with Gasteiger partial charge in [0.1, 0.15) is 12.1 Å². The van der Waals surface area contributed by atoms with Gasteiger partial charge in [0, 0.05) is 53.2 Å². The minimum Gasteiger partial charge on any atom is -0.446 e. The number of fused-ring (bicyclic) bond motifs is 3. The molecule has 2 aromatic heterocycles. The zero-order valence-electron chi connectivity index (χ0n) is 24.8. The highest BCUT2D eigenvalue weighted by Crippen LogP contribution is 2.41. The van der Waals surface area contributed by atoms with Crippen molar-refractivity contribution in [3.63, 3.8) is 0 Å². The molecule has 1 aliphatic heterocycles. The average molecular weight is 612 g/mol. The smallest absolute Gasteiger partial charge is 0.410 e. The average Bonchev–Trinajstić information content (AvgIpc) is 3.53. The van der Waals surface area contributed by atoms with Crippen LogP contribution in [0.2, 0.25) is 5.02 Å². The van der Waals surface area contributed by atoms with Crippen LogP contribution < -0.4 is 5.32 Å². The van der Waals surface area contributed by atoms with Gasteiger partial charge in [-0.1, -0.05) is 47.9 Å². The Kier molecular flexibility index (Phi) is 9.69. The molecule has 3 unspecified atom stereocenters. The first kappa shape index (κ1) is 30.3. The Morgan fingerprint density at radius 3 is 2.69 bits per heavy atom. The molecule has 2 aromatic carbocycles. The number of carbonyl (C=O) groups excluding carboxylic acids is 1. The molecule has 7 nitrogen and oxygen atoms in total. The van der Waals surface area contributed by atoms with Crippen molar-refractivity contribution >= 4 is 46.1 Å². The third-order valence-corrected chi connectivity index (χ3v) is 8.98. The standard InChI is InChI=1S/C33H40Cl2N4O3/c1-5-25(34)13-8-22(3)41-33(40)39-18-16-27-28-20-26(35)14-15-29(28)38(4)32(27)31(39)24-11-9-23(10-12-24)7-6-17-36-30-19-21(2)37-42-30/h9-12,14-15,19-20,22,25,31,36H,5-8,13,16-18H2,1-4H3. The molecule has 1 aliphatic rings. The fourth-order valence-corrected chi connectivity index (χ4v) is 6.20. The van der Waals surface area contributed by atoms with E-state index in [2.05, 4.69) is 59.3 Å². The molecule has 4 aromatic rings. The van der Waals surface area contributed by atoms with Crippen LogP contribution in [0.4, 0.5) is 10.7 Å². The van der Waals surface area contributed by atoms with E-state index in [9.17, 15) is 4.79 Å². The van der Waals surface area contributed by atoms with E-state index >= 15 is 0 Å². The van der Waals surface area contributed by atoms with Crippen molar-refractivity contribution < 1.29 is 14.1 Å². The SMILES string of the molecule is CCC(Cl)CCC(C)OC(=O)N1CCc2c(n(C)c3ccc(Cl)cc23)C1c1ccc(CCCNc2cc(C)no2)cc1. The highest BCUT2D eigenvalue weighted by molar-refractivity contribution is 6.31. The van der Waals surface area contributed by atoms with E-state index in [0.29, 0.717) is 17.5 Å². The molecule has 3 heterocycles. The number of aryl methyl sites for hydroxylation is 3. The number of hydrogen-bond acceptors (Lipinski definition) is 5. The molecule has 0 spiro atoms. The molecule has 0 aliphatic carbocycles. The van der Waals surface area contributed by atoms with Gasteiger partial charge in [-0.15, -0.1) is 11.6 Å². The van der Waals surface area contributed by atoms with Crippen LogP contribution in [0.25, 0.3) is 10.9 Å². The number of rotatable bonds is 11. The molecule has 1 amide bonds. The lowest BCUT2D eigenvalue weighted by Crippen LogP contribution is -2.42. The second-order valence-corrected chi connectivity index (χ2v) is 12.4. The van der Waals surface area contributed by atoms with Gasteiger partial charge in [0.15, 0.2) is 0 Å². The Labute approximate surface area is 258 Å². The summed E-state index contributed by atoms with van der Waals surface area (Å²) >= 11 is 12.7. The number of ether oxygens (including phenoxy) is 1. The fourth-order valence-electron chi connectivity index (χ4n) is 5.90. The molecule has 224 valence electrons. The molecular weight excluding hydrogens is 571 g/mol. The molecule has 0 saturated heterocycles. The molecule has 0 radical (unpaired) electrons. The zero-order chi connectivity index (χ0) is 29.8. The van der Waals surface area contributed by atoms with Gasteiger partial charge in [-0.05, 0) is 87.3 Å². The van der Waals surface area contributed by atoms with Crippen LogP contribution in [-0.4, -0.2) is 45.3 Å². The number of carbonyl (C=O) groups is 1. The van der Waals surface area contributed by atoms with Crippen molar-refractivity contribution in [2.24, 2.45) is 7.05 Å². The predicted octanol–water partition coefficient (Wildman–Crippen LogP) is 8.44. The maximum absolute atomic E-state index is 13.7. The summed E-state index contributed by atoms with van der Waals surface area (Å²) in [5.74, 6) is 0.696. The van der Waals surface area contributed by atoms with Crippen molar-refractivity contribution in [2.45, 2.75) is 76.8 Å². The van der Waals surface area contributed by atoms with Crippen LogP contribution >= 0.6 is 23.2 Å². The van der Waals surface area contributed by atoms with E-state index in [1.807, 2.05) is 36.9 Å². The van der Waals surface area contributed by atoms with E-state index in [1.165, 1.54) is 11.1 Å². The minimum atomic E-state index is -0.290. The Morgan fingerprint density at radius 2 is 1.98 bits per heavy atom. The number of amides is 1. The summed E-state index contributed by atoms with van der Waals surface area (Å²) in [5.41, 5.74) is 6.61. The number of anilines is 1. The molecule has 1 N–H and O–H groups in total. The van der Waals surface area contributed by atoms with Gasteiger partial charge in [-0.2, -0.15) is 0 Å². The molecule has 5 rings (SSSR count). The second-order valence-electron chi connectivity index (χ2n) is 11.3. The van der Waals surface area contributed by atoms with Crippen LogP contribution in [0.1, 0.15) is 73.7 Å². The van der Waals surface area contributed by atoms with Crippen LogP contribution in [0.3, 0.4) is 0 Å². The number of nitrogens with zero attached hydrogens (tertiary/aromatic N) is 3. The van der Waals surface area contributed by atoms with Gasteiger partial charge in [-0.25, -0.2) is 4.79 Å². The summed E-state index contributed by atoms with van der Waals surface area (Å²) in [6.07, 6.45) is 4.57. The number of hydrogen-bond donors (Lipinski definition) is 1. The van der Waals surface area contributed by atoms with Gasteiger partial charge in [0.05, 0.1) is 5.69 Å². The Hall–Kier alpha value is -3.16. The Morgan fingerprint density at radius 1 is 1.19 bits per heavy atom. The van der Waals surface area contributed by atoms with E-state index in [1.54, 1.807) is 0 Å². The normalized spacial score (nSPS) is 16.3. The summed E-state index contributed by atoms with van der Waals surface area (Å²) in [7, 11) is 2.07. The van der Waals surface area contributed by atoms with Gasteiger partial charge in [0.25, 0.3) is 0 Å². The van der Waals surface area contributed by atoms with Crippen molar-refractivity contribution in [2.75, 3.05) is 18.4 Å². The lowest BCUT2D eigenvalue weighted by atomic mass is 9.91. The molecule has 0 saturated carbocycles. The monoisotopic (exact) mass is 610 g/mol. The molecular formula is C33H40Cl2N4O3. The third-order valence-electron chi connectivity index (χ3n) is 8.22. The first-order valence-electron chi connectivity index (χ1n) is 14.9. The predicted molar refractivity (Wildman–Crippen MR) is 170 cm³/mol. The second kappa shape index (κ2) is 13.4. The molecule has 42 heavy (non-hydrogen) atoms. The molecule has 9 heteroatoms. The lowest BCUT2D eigenvalue weighted by Gasteiger charge is -2.37. The van der Waals surface area contributed by atoms with Crippen molar-refractivity contribution in [1.29, 1.82) is 0 Å². The number of nitrogens with one attached hydrogen (secondary N) is 1. The van der Waals surface area contributed by atoms with Crippen LogP contribution in [0.5, 0.6) is 0 Å². The molecule has 0 fully saturated rings. The summed E-state index contributed by atoms with van der Waals surface area (Å²) in [6.45, 7) is 7.29. The maximum atomic E-state index is 13.7. The zero-order valence-corrected chi connectivity index (χ0v) is 26.3. The quantitative estimate of drug-likeness (QED) is 0.136. The first-order chi connectivity index (χ1) is 20.2. The summed E-state index contributed by atoms with van der Waals surface area (Å²) < 4.78 is 13.4. The van der Waals surface area contributed by atoms with Gasteiger partial charge >= 0.3 is 6.09 Å². The van der Waals surface area contributed by atoms with E-state index in [-0.39, 0.29) is 23.6 Å². The number of halogens is 2. The first-order valence-corrected chi connectivity index (χ1v) is 15.7. The Bertz CT molecular complexity index is 1510. The number of aromatic nitrogens is 2. The minimum absolute atomic E-state index is 0.0970. The highest BCUT2D eigenvalue weighted by Gasteiger charge is 2.37. The van der Waals surface area contributed by atoms with Gasteiger partial charge < -0.3 is 19.1 Å². The maximum Gasteiger partial charge on any atom is 0.410 e. The van der Waals surface area contributed by atoms with Crippen LogP contribution in [0, 0.1) is 6.92 Å². The van der Waals surface area contributed by atoms with Gasteiger partial charge in [-0.3, -0.25) is 4.90 Å². The molecule has 0 bridgehead atoms. The fraction of sp³-hybridized carbons (Fsp3) is 0.455. The lowest BCUT2D eigenvalue weighted by molar-refractivity contribution is 0.0549. The summed E-state index contributed by atoms with van der Waals surface area (Å²) in [5, 5.41) is 9.15. The number of alkyl halides is 1. The summed E-state index contributed by atoms with van der Waals surface area (Å²) in [4.78, 5) is 15.6. The highest BCUT2D eigenvalue weighted by atomic mass is 35.5. The largest absolute Gasteiger partial charge is 0.446 e. The van der Waals surface area contributed by atoms with E-state index in [0.717, 1.165) is 72.9 Å². The topological polar surface area (TPSA) is 72.5 Å². The summed E-state index contributed by atoms with van der Waals surface area (Å²) in [6, 6.07) is 16.3. The van der Waals surface area contributed by atoms with Gasteiger partial charge in [0.2, 0.25) is 5.88 Å². The van der Waals surface area contributed by atoms with E-state index in [4.69, 9.17) is 32.5 Å².